The third kappa shape index (κ3) is 6.33. The summed E-state index contributed by atoms with van der Waals surface area (Å²) in [6, 6.07) is 87.2. The highest BCUT2D eigenvalue weighted by Crippen LogP contribution is 2.65. The second kappa shape index (κ2) is 16.4. The van der Waals surface area contributed by atoms with E-state index in [0.717, 1.165) is 52.2 Å². The molecule has 69 heavy (non-hydrogen) atoms. The van der Waals surface area contributed by atoms with Gasteiger partial charge in [-0.05, 0) is 127 Å². The van der Waals surface area contributed by atoms with Crippen LogP contribution in [0.2, 0.25) is 0 Å². The Hall–Kier alpha value is -8.46. The number of hydrogen-bond acceptors (Lipinski definition) is 2. The Balaban J connectivity index is 0.997. The van der Waals surface area contributed by atoms with Crippen molar-refractivity contribution in [2.45, 2.75) is 32.1 Å². The van der Waals surface area contributed by atoms with Gasteiger partial charge in [0.05, 0.1) is 5.41 Å². The van der Waals surface area contributed by atoms with Gasteiger partial charge in [-0.15, -0.1) is 0 Å². The van der Waals surface area contributed by atoms with Crippen LogP contribution in [-0.2, 0) is 18.3 Å². The number of rotatable bonds is 8. The highest BCUT2D eigenvalue weighted by Gasteiger charge is 2.52. The highest BCUT2D eigenvalue weighted by atomic mass is 16.5. The lowest BCUT2D eigenvalue weighted by atomic mass is 9.65. The molecule has 2 aliphatic rings. The summed E-state index contributed by atoms with van der Waals surface area (Å²) in [5.74, 6) is 1.91. The number of ether oxygens (including phenoxy) is 1. The Bertz CT molecular complexity index is 3670. The lowest BCUT2D eigenvalue weighted by Gasteiger charge is -2.40. The number of aryl methyl sites for hydroxylation is 2. The molecule has 2 nitrogen and oxygen atoms in total. The van der Waals surface area contributed by atoms with Crippen LogP contribution in [0.3, 0.4) is 0 Å². The molecule has 0 N–H and O–H groups in total. The molecule has 2 heteroatoms. The third-order valence-electron chi connectivity index (χ3n) is 14.9. The first-order chi connectivity index (χ1) is 34.1. The van der Waals surface area contributed by atoms with Crippen LogP contribution < -0.4 is 9.64 Å². The SMILES string of the molecule is CCc1cccc2c3c(ccc12)C1(c2ccccc2-c2c(-c4ccc(N(c5ccc(-c6ccccc6)cc5)c5cccc(-c6ccccc6)c5)cc4)cccc21)c1ccc2c(CC)cccc2c1O3. The van der Waals surface area contributed by atoms with Crippen molar-refractivity contribution in [3.05, 3.63) is 270 Å². The number of benzene rings is 11. The van der Waals surface area contributed by atoms with Crippen molar-refractivity contribution in [1.82, 2.24) is 0 Å². The monoisotopic (exact) mass is 883 g/mol. The molecular formula is C67H49NO. The Kier molecular flexibility index (Phi) is 9.69. The van der Waals surface area contributed by atoms with E-state index in [1.54, 1.807) is 0 Å². The maximum atomic E-state index is 7.40. The molecule has 1 heterocycles. The van der Waals surface area contributed by atoms with Gasteiger partial charge < -0.3 is 9.64 Å². The summed E-state index contributed by atoms with van der Waals surface area (Å²) in [6.45, 7) is 4.49. The molecule has 0 aromatic heterocycles. The topological polar surface area (TPSA) is 12.5 Å². The minimum atomic E-state index is -0.621. The fourth-order valence-corrected chi connectivity index (χ4v) is 11.7. The quantitative estimate of drug-likeness (QED) is 0.151. The third-order valence-corrected chi connectivity index (χ3v) is 14.9. The summed E-state index contributed by atoms with van der Waals surface area (Å²) >= 11 is 0. The molecule has 0 bridgehead atoms. The molecule has 1 aliphatic heterocycles. The first-order valence-electron chi connectivity index (χ1n) is 24.4. The van der Waals surface area contributed by atoms with Crippen molar-refractivity contribution >= 4 is 38.6 Å². The van der Waals surface area contributed by atoms with E-state index < -0.39 is 5.41 Å². The van der Waals surface area contributed by atoms with E-state index >= 15 is 0 Å². The van der Waals surface area contributed by atoms with E-state index in [1.165, 1.54) is 88.7 Å². The predicted octanol–water partition coefficient (Wildman–Crippen LogP) is 18.1. The van der Waals surface area contributed by atoms with Gasteiger partial charge in [-0.25, -0.2) is 0 Å². The fourth-order valence-electron chi connectivity index (χ4n) is 11.7. The van der Waals surface area contributed by atoms with Crippen molar-refractivity contribution in [2.24, 2.45) is 0 Å². The molecule has 0 saturated carbocycles. The van der Waals surface area contributed by atoms with Gasteiger partial charge in [0.2, 0.25) is 0 Å². The van der Waals surface area contributed by atoms with Crippen LogP contribution >= 0.6 is 0 Å². The summed E-state index contributed by atoms with van der Waals surface area (Å²) < 4.78 is 7.40. The average Bonchev–Trinajstić information content (AvgIpc) is 3.72. The van der Waals surface area contributed by atoms with Crippen LogP contribution in [0.1, 0.15) is 47.2 Å². The van der Waals surface area contributed by atoms with Crippen molar-refractivity contribution < 1.29 is 4.74 Å². The van der Waals surface area contributed by atoms with E-state index in [2.05, 4.69) is 255 Å². The van der Waals surface area contributed by atoms with Crippen LogP contribution in [0, 0.1) is 0 Å². The summed E-state index contributed by atoms with van der Waals surface area (Å²) in [4.78, 5) is 2.38. The maximum absolute atomic E-state index is 7.40. The van der Waals surface area contributed by atoms with Gasteiger partial charge in [0.25, 0.3) is 0 Å². The van der Waals surface area contributed by atoms with Gasteiger partial charge in [-0.3, -0.25) is 0 Å². The molecule has 0 radical (unpaired) electrons. The van der Waals surface area contributed by atoms with Crippen molar-refractivity contribution in [1.29, 1.82) is 0 Å². The molecule has 328 valence electrons. The van der Waals surface area contributed by atoms with Crippen LogP contribution in [0.15, 0.2) is 237 Å². The Morgan fingerprint density at radius 2 is 0.812 bits per heavy atom. The van der Waals surface area contributed by atoms with E-state index in [-0.39, 0.29) is 0 Å². The van der Waals surface area contributed by atoms with Gasteiger partial charge in [0, 0.05) is 39.0 Å². The summed E-state index contributed by atoms with van der Waals surface area (Å²) in [7, 11) is 0. The standard InChI is InChI=1S/C67H49NO/c1-3-44-21-14-27-57-54(44)39-41-62-65(57)69-66-58-28-15-22-45(4-2)55(58)40-42-63(66)67(62)60-29-12-11-25-59(60)64-56(26-16-30-61(64)67)49-33-37-52(38-34-49)68(51-35-31-48(32-36-51)46-17-7-5-8-18-46)53-24-13-23-50(43-53)47-19-9-6-10-20-47/h5-43H,3-4H2,1-2H3. The Labute approximate surface area is 404 Å². The summed E-state index contributed by atoms with van der Waals surface area (Å²) in [5.41, 5.74) is 19.9. The normalized spacial score (nSPS) is 12.8. The van der Waals surface area contributed by atoms with Crippen LogP contribution in [0.4, 0.5) is 17.1 Å². The van der Waals surface area contributed by atoms with Crippen LogP contribution in [0.5, 0.6) is 11.5 Å². The highest BCUT2D eigenvalue weighted by molar-refractivity contribution is 6.03. The molecule has 0 unspecified atom stereocenters. The largest absolute Gasteiger partial charge is 0.455 e. The molecule has 0 fully saturated rings. The predicted molar refractivity (Wildman–Crippen MR) is 289 cm³/mol. The molecule has 13 rings (SSSR count). The van der Waals surface area contributed by atoms with Crippen molar-refractivity contribution in [3.8, 4) is 56.0 Å². The zero-order valence-electron chi connectivity index (χ0n) is 38.8. The van der Waals surface area contributed by atoms with Crippen molar-refractivity contribution in [3.63, 3.8) is 0 Å². The lowest BCUT2D eigenvalue weighted by Crippen LogP contribution is -2.32. The fraction of sp³-hybridized carbons (Fsp3) is 0.0746. The van der Waals surface area contributed by atoms with Crippen molar-refractivity contribution in [2.75, 3.05) is 4.90 Å². The molecular weight excluding hydrogens is 835 g/mol. The van der Waals surface area contributed by atoms with Gasteiger partial charge in [0.15, 0.2) is 0 Å². The Morgan fingerprint density at radius 3 is 1.42 bits per heavy atom. The molecule has 0 amide bonds. The summed E-state index contributed by atoms with van der Waals surface area (Å²) in [5, 5.41) is 4.82. The van der Waals surface area contributed by atoms with Gasteiger partial charge in [-0.2, -0.15) is 0 Å². The molecule has 11 aromatic carbocycles. The minimum Gasteiger partial charge on any atom is -0.455 e. The van der Waals surface area contributed by atoms with Gasteiger partial charge >= 0.3 is 0 Å². The first-order valence-corrected chi connectivity index (χ1v) is 24.4. The average molecular weight is 884 g/mol. The Morgan fingerprint density at radius 1 is 0.333 bits per heavy atom. The van der Waals surface area contributed by atoms with Gasteiger partial charge in [0.1, 0.15) is 11.5 Å². The van der Waals surface area contributed by atoms with E-state index in [1.807, 2.05) is 0 Å². The lowest BCUT2D eigenvalue weighted by molar-refractivity contribution is 0.447. The number of hydrogen-bond donors (Lipinski definition) is 0. The van der Waals surface area contributed by atoms with E-state index in [4.69, 9.17) is 4.74 Å². The minimum absolute atomic E-state index is 0.621. The number of fused-ring (bicyclic) bond motifs is 13. The van der Waals surface area contributed by atoms with E-state index in [0.29, 0.717) is 0 Å². The maximum Gasteiger partial charge on any atom is 0.140 e. The smallest absolute Gasteiger partial charge is 0.140 e. The van der Waals surface area contributed by atoms with Crippen LogP contribution in [-0.4, -0.2) is 0 Å². The molecule has 1 spiro atoms. The molecule has 0 atom stereocenters. The summed E-state index contributed by atoms with van der Waals surface area (Å²) in [6.07, 6.45) is 1.90. The second-order valence-electron chi connectivity index (χ2n) is 18.5. The molecule has 0 saturated heterocycles. The first kappa shape index (κ1) is 40.8. The zero-order valence-corrected chi connectivity index (χ0v) is 38.8. The zero-order chi connectivity index (χ0) is 46.1. The van der Waals surface area contributed by atoms with E-state index in [9.17, 15) is 0 Å². The second-order valence-corrected chi connectivity index (χ2v) is 18.5. The number of nitrogens with zero attached hydrogens (tertiary/aromatic N) is 1. The van der Waals surface area contributed by atoms with Crippen LogP contribution in [0.25, 0.3) is 66.1 Å². The molecule has 1 aliphatic carbocycles. The molecule has 11 aromatic rings. The van der Waals surface area contributed by atoms with Gasteiger partial charge in [-0.1, -0.05) is 214 Å². The number of anilines is 3.